The Bertz CT molecular complexity index is 889. The number of hydrogen-bond donors (Lipinski definition) is 2. The fourth-order valence-corrected chi connectivity index (χ4v) is 3.73. The number of sulfone groups is 1. The third kappa shape index (κ3) is 4.76. The molecule has 7 nitrogen and oxygen atoms in total. The monoisotopic (exact) mass is 357 g/mol. The molecular formula is C14H15NO6S2. The minimum Gasteiger partial charge on any atom is -0.399 e. The fraction of sp³-hybridized carbons (Fsp3) is 0.143. The summed E-state index contributed by atoms with van der Waals surface area (Å²) in [4.78, 5) is 0.0451. The molecule has 0 radical (unpaired) electrons. The second-order valence-electron chi connectivity index (χ2n) is 4.69. The first-order valence-corrected chi connectivity index (χ1v) is 9.50. The predicted molar refractivity (Wildman–Crippen MR) is 85.8 cm³/mol. The molecule has 0 fully saturated rings. The van der Waals surface area contributed by atoms with Crippen molar-refractivity contribution in [2.45, 2.75) is 4.90 Å². The Hall–Kier alpha value is -1.94. The van der Waals surface area contributed by atoms with E-state index in [4.69, 9.17) is 10.3 Å². The maximum absolute atomic E-state index is 12.4. The highest BCUT2D eigenvalue weighted by atomic mass is 32.3. The van der Waals surface area contributed by atoms with E-state index in [-0.39, 0.29) is 4.90 Å². The van der Waals surface area contributed by atoms with Crippen molar-refractivity contribution < 1.29 is 25.6 Å². The van der Waals surface area contributed by atoms with Gasteiger partial charge in [-0.15, -0.1) is 0 Å². The Labute approximate surface area is 134 Å². The van der Waals surface area contributed by atoms with E-state index in [1.807, 2.05) is 0 Å². The first-order valence-electron chi connectivity index (χ1n) is 6.48. The van der Waals surface area contributed by atoms with E-state index in [1.54, 1.807) is 42.5 Å². The molecule has 0 aliphatic carbocycles. The van der Waals surface area contributed by atoms with Crippen LogP contribution >= 0.6 is 0 Å². The molecule has 2 aromatic carbocycles. The van der Waals surface area contributed by atoms with Gasteiger partial charge in [0.2, 0.25) is 0 Å². The van der Waals surface area contributed by atoms with Gasteiger partial charge < -0.3 is 5.73 Å². The van der Waals surface area contributed by atoms with Crippen molar-refractivity contribution in [3.8, 4) is 11.1 Å². The lowest BCUT2D eigenvalue weighted by Crippen LogP contribution is -2.16. The molecule has 3 N–H and O–H groups in total. The summed E-state index contributed by atoms with van der Waals surface area (Å²) < 4.78 is 58.4. The van der Waals surface area contributed by atoms with E-state index in [9.17, 15) is 16.8 Å². The van der Waals surface area contributed by atoms with Crippen LogP contribution in [0.2, 0.25) is 0 Å². The SMILES string of the molecule is Nc1ccc(-c2ccccc2S(=O)(=O)CCOS(=O)(=O)O)cc1. The van der Waals surface area contributed by atoms with Crippen LogP contribution in [0.5, 0.6) is 0 Å². The molecule has 0 atom stereocenters. The van der Waals surface area contributed by atoms with E-state index in [0.29, 0.717) is 16.8 Å². The van der Waals surface area contributed by atoms with Crippen LogP contribution in [-0.2, 0) is 24.4 Å². The number of nitrogens with two attached hydrogens (primary N) is 1. The Balaban J connectivity index is 2.34. The topological polar surface area (TPSA) is 124 Å². The highest BCUT2D eigenvalue weighted by Gasteiger charge is 2.20. The zero-order chi connectivity index (χ0) is 17.1. The van der Waals surface area contributed by atoms with Crippen molar-refractivity contribution in [2.75, 3.05) is 18.1 Å². The van der Waals surface area contributed by atoms with Crippen LogP contribution in [0.4, 0.5) is 5.69 Å². The zero-order valence-corrected chi connectivity index (χ0v) is 13.5. The van der Waals surface area contributed by atoms with Crippen LogP contribution in [0, 0.1) is 0 Å². The maximum Gasteiger partial charge on any atom is 0.397 e. The zero-order valence-electron chi connectivity index (χ0n) is 11.9. The molecule has 0 aliphatic rings. The molecule has 0 amide bonds. The lowest BCUT2D eigenvalue weighted by Gasteiger charge is -2.11. The van der Waals surface area contributed by atoms with E-state index >= 15 is 0 Å². The molecule has 0 saturated heterocycles. The van der Waals surface area contributed by atoms with Gasteiger partial charge in [0, 0.05) is 11.3 Å². The third-order valence-corrected chi connectivity index (χ3v) is 5.22. The highest BCUT2D eigenvalue weighted by molar-refractivity contribution is 7.91. The summed E-state index contributed by atoms with van der Waals surface area (Å²) in [5.41, 5.74) is 7.30. The molecule has 2 aromatic rings. The average Bonchev–Trinajstić information content (AvgIpc) is 2.46. The van der Waals surface area contributed by atoms with Crippen LogP contribution in [0.3, 0.4) is 0 Å². The Morgan fingerprint density at radius 3 is 2.17 bits per heavy atom. The summed E-state index contributed by atoms with van der Waals surface area (Å²) in [7, 11) is -8.48. The molecule has 0 unspecified atom stereocenters. The van der Waals surface area contributed by atoms with Gasteiger partial charge in [0.25, 0.3) is 0 Å². The molecular weight excluding hydrogens is 342 g/mol. The molecule has 9 heteroatoms. The molecule has 124 valence electrons. The molecule has 0 aromatic heterocycles. The Kier molecular flexibility index (Phi) is 5.05. The molecule has 0 saturated carbocycles. The number of hydrogen-bond acceptors (Lipinski definition) is 6. The number of nitrogen functional groups attached to an aromatic ring is 1. The molecule has 0 bridgehead atoms. The number of anilines is 1. The van der Waals surface area contributed by atoms with Crippen LogP contribution in [0.15, 0.2) is 53.4 Å². The molecule has 23 heavy (non-hydrogen) atoms. The second kappa shape index (κ2) is 6.67. The van der Waals surface area contributed by atoms with Crippen LogP contribution in [0.25, 0.3) is 11.1 Å². The van der Waals surface area contributed by atoms with Gasteiger partial charge in [0.05, 0.1) is 17.3 Å². The van der Waals surface area contributed by atoms with Gasteiger partial charge in [0.15, 0.2) is 9.84 Å². The van der Waals surface area contributed by atoms with Gasteiger partial charge in [-0.2, -0.15) is 8.42 Å². The Morgan fingerprint density at radius 1 is 0.957 bits per heavy atom. The first-order chi connectivity index (χ1) is 10.7. The van der Waals surface area contributed by atoms with Crippen molar-refractivity contribution in [1.82, 2.24) is 0 Å². The summed E-state index contributed by atoms with van der Waals surface area (Å²) in [6.45, 7) is -0.669. The van der Waals surface area contributed by atoms with E-state index in [0.717, 1.165) is 0 Å². The summed E-state index contributed by atoms with van der Waals surface area (Å²) >= 11 is 0. The minimum absolute atomic E-state index is 0.0451. The van der Waals surface area contributed by atoms with Crippen molar-refractivity contribution >= 4 is 25.9 Å². The number of benzene rings is 2. The Morgan fingerprint density at radius 2 is 1.57 bits per heavy atom. The van der Waals surface area contributed by atoms with Crippen LogP contribution < -0.4 is 5.73 Å². The second-order valence-corrected chi connectivity index (χ2v) is 7.86. The largest absolute Gasteiger partial charge is 0.399 e. The summed E-state index contributed by atoms with van der Waals surface area (Å²) in [6.07, 6.45) is 0. The predicted octanol–water partition coefficient (Wildman–Crippen LogP) is 1.53. The lowest BCUT2D eigenvalue weighted by molar-refractivity contribution is 0.284. The fourth-order valence-electron chi connectivity index (χ4n) is 2.00. The van der Waals surface area contributed by atoms with Crippen molar-refractivity contribution in [3.05, 3.63) is 48.5 Å². The number of rotatable bonds is 6. The molecule has 0 spiro atoms. The summed E-state index contributed by atoms with van der Waals surface area (Å²) in [5.74, 6) is -0.585. The van der Waals surface area contributed by atoms with Gasteiger partial charge in [-0.25, -0.2) is 12.6 Å². The summed E-state index contributed by atoms with van der Waals surface area (Å²) in [5, 5.41) is 0. The van der Waals surface area contributed by atoms with E-state index in [2.05, 4.69) is 4.18 Å². The van der Waals surface area contributed by atoms with Crippen LogP contribution in [-0.4, -0.2) is 33.7 Å². The van der Waals surface area contributed by atoms with Gasteiger partial charge in [-0.1, -0.05) is 30.3 Å². The van der Waals surface area contributed by atoms with Crippen molar-refractivity contribution in [1.29, 1.82) is 0 Å². The smallest absolute Gasteiger partial charge is 0.397 e. The van der Waals surface area contributed by atoms with Gasteiger partial charge in [-0.3, -0.25) is 4.55 Å². The van der Waals surface area contributed by atoms with Gasteiger partial charge >= 0.3 is 10.4 Å². The third-order valence-electron chi connectivity index (χ3n) is 3.03. The van der Waals surface area contributed by atoms with Crippen molar-refractivity contribution in [3.63, 3.8) is 0 Å². The first kappa shape index (κ1) is 17.4. The standard InChI is InChI=1S/C14H15NO6S2/c15-12-7-5-11(6-8-12)13-3-1-2-4-14(13)22(16,17)10-9-21-23(18,19)20/h1-8H,9-10,15H2,(H,18,19,20). The normalized spacial score (nSPS) is 12.2. The highest BCUT2D eigenvalue weighted by Crippen LogP contribution is 2.28. The van der Waals surface area contributed by atoms with E-state index < -0.39 is 32.6 Å². The average molecular weight is 357 g/mol. The maximum atomic E-state index is 12.4. The van der Waals surface area contributed by atoms with Crippen molar-refractivity contribution in [2.24, 2.45) is 0 Å². The van der Waals surface area contributed by atoms with Crippen LogP contribution in [0.1, 0.15) is 0 Å². The quantitative estimate of drug-likeness (QED) is 0.593. The van der Waals surface area contributed by atoms with Gasteiger partial charge in [-0.05, 0) is 23.8 Å². The van der Waals surface area contributed by atoms with Gasteiger partial charge in [0.1, 0.15) is 0 Å². The molecule has 0 aliphatic heterocycles. The van der Waals surface area contributed by atoms with E-state index in [1.165, 1.54) is 6.07 Å². The molecule has 2 rings (SSSR count). The minimum atomic E-state index is -4.67. The lowest BCUT2D eigenvalue weighted by atomic mass is 10.1. The summed E-state index contributed by atoms with van der Waals surface area (Å²) in [6, 6.07) is 13.0. The molecule has 0 heterocycles.